The van der Waals surface area contributed by atoms with Crippen molar-refractivity contribution in [2.45, 2.75) is 0 Å². The number of nitro benzene ring substituents is 1. The Morgan fingerprint density at radius 3 is 2.75 bits per heavy atom. The molecule has 0 aliphatic carbocycles. The number of hydrogen-bond donors (Lipinski definition) is 0. The number of carbonyl (C=O) groups excluding carboxylic acids is 1. The second kappa shape index (κ2) is 5.98. The Labute approximate surface area is 121 Å². The summed E-state index contributed by atoms with van der Waals surface area (Å²) in [5.41, 5.74) is -0.526. The van der Waals surface area contributed by atoms with Gasteiger partial charge in [0.25, 0.3) is 0 Å². The van der Waals surface area contributed by atoms with Crippen molar-refractivity contribution in [3.8, 4) is 5.75 Å². The van der Waals surface area contributed by atoms with Crippen LogP contribution in [0.3, 0.4) is 0 Å². The van der Waals surface area contributed by atoms with Gasteiger partial charge in [-0.15, -0.1) is 11.3 Å². The van der Waals surface area contributed by atoms with Crippen molar-refractivity contribution >= 4 is 34.4 Å². The van der Waals surface area contributed by atoms with Crippen LogP contribution in [0.2, 0.25) is 4.34 Å². The number of ketones is 1. The Morgan fingerprint density at radius 2 is 2.15 bits per heavy atom. The minimum absolute atomic E-state index is 0.160. The van der Waals surface area contributed by atoms with Gasteiger partial charge in [0.2, 0.25) is 5.78 Å². The van der Waals surface area contributed by atoms with E-state index in [9.17, 15) is 19.3 Å². The molecule has 20 heavy (non-hydrogen) atoms. The summed E-state index contributed by atoms with van der Waals surface area (Å²) in [5.74, 6) is -1.27. The molecule has 0 amide bonds. The van der Waals surface area contributed by atoms with E-state index in [1.165, 1.54) is 6.07 Å². The van der Waals surface area contributed by atoms with Crippen LogP contribution in [-0.4, -0.2) is 17.3 Å². The molecule has 1 heterocycles. The zero-order valence-electron chi connectivity index (χ0n) is 9.84. The summed E-state index contributed by atoms with van der Waals surface area (Å²) < 4.78 is 18.5. The molecule has 0 saturated carbocycles. The Morgan fingerprint density at radius 1 is 1.40 bits per heavy atom. The van der Waals surface area contributed by atoms with Crippen LogP contribution in [0.25, 0.3) is 0 Å². The number of nitro groups is 1. The molecule has 1 aromatic heterocycles. The largest absolute Gasteiger partial charge is 0.478 e. The maximum Gasteiger partial charge on any atom is 0.313 e. The molecule has 0 atom stereocenters. The first kappa shape index (κ1) is 14.4. The molecule has 0 fully saturated rings. The van der Waals surface area contributed by atoms with E-state index in [-0.39, 0.29) is 18.1 Å². The number of rotatable bonds is 5. The predicted molar refractivity (Wildman–Crippen MR) is 72.2 cm³/mol. The number of hydrogen-bond acceptors (Lipinski definition) is 5. The van der Waals surface area contributed by atoms with E-state index in [0.717, 1.165) is 29.5 Å². The van der Waals surface area contributed by atoms with Gasteiger partial charge in [0.05, 0.1) is 20.2 Å². The van der Waals surface area contributed by atoms with E-state index in [0.29, 0.717) is 9.21 Å². The van der Waals surface area contributed by atoms with Gasteiger partial charge in [-0.25, -0.2) is 4.39 Å². The average molecular weight is 316 g/mol. The molecule has 0 saturated heterocycles. The summed E-state index contributed by atoms with van der Waals surface area (Å²) in [4.78, 5) is 22.1. The van der Waals surface area contributed by atoms with Crippen LogP contribution >= 0.6 is 22.9 Å². The highest BCUT2D eigenvalue weighted by molar-refractivity contribution is 7.18. The van der Waals surface area contributed by atoms with Crippen LogP contribution < -0.4 is 4.74 Å². The van der Waals surface area contributed by atoms with E-state index in [1.54, 1.807) is 6.07 Å². The molecule has 0 N–H and O–H groups in total. The molecule has 0 bridgehead atoms. The number of halogens is 2. The van der Waals surface area contributed by atoms with Gasteiger partial charge in [0, 0.05) is 0 Å². The van der Waals surface area contributed by atoms with Crippen molar-refractivity contribution < 1.29 is 18.8 Å². The van der Waals surface area contributed by atoms with Gasteiger partial charge in [-0.2, -0.15) is 0 Å². The monoisotopic (exact) mass is 315 g/mol. The average Bonchev–Trinajstić information content (AvgIpc) is 2.83. The quantitative estimate of drug-likeness (QED) is 0.479. The third kappa shape index (κ3) is 3.31. The minimum atomic E-state index is -0.773. The van der Waals surface area contributed by atoms with Crippen molar-refractivity contribution in [3.05, 3.63) is 55.5 Å². The van der Waals surface area contributed by atoms with E-state index < -0.39 is 16.4 Å². The van der Waals surface area contributed by atoms with Crippen molar-refractivity contribution in [1.82, 2.24) is 0 Å². The maximum atomic E-state index is 12.9. The Bertz CT molecular complexity index is 673. The molecule has 5 nitrogen and oxygen atoms in total. The number of carbonyl (C=O) groups is 1. The molecule has 0 aliphatic heterocycles. The van der Waals surface area contributed by atoms with Crippen LogP contribution in [0.4, 0.5) is 10.1 Å². The van der Waals surface area contributed by atoms with Crippen LogP contribution in [0.5, 0.6) is 5.75 Å². The first-order valence-corrected chi connectivity index (χ1v) is 6.52. The van der Waals surface area contributed by atoms with Gasteiger partial charge in [-0.1, -0.05) is 11.6 Å². The van der Waals surface area contributed by atoms with Gasteiger partial charge in [-0.05, 0) is 24.3 Å². The molecule has 2 rings (SSSR count). The van der Waals surface area contributed by atoms with Gasteiger partial charge in [0.1, 0.15) is 5.82 Å². The maximum absolute atomic E-state index is 12.9. The number of thiophene rings is 1. The van der Waals surface area contributed by atoms with E-state index in [1.807, 2.05) is 0 Å². The summed E-state index contributed by atoms with van der Waals surface area (Å²) in [6.45, 7) is -0.386. The van der Waals surface area contributed by atoms with Gasteiger partial charge < -0.3 is 4.74 Å². The highest BCUT2D eigenvalue weighted by atomic mass is 35.5. The van der Waals surface area contributed by atoms with Crippen molar-refractivity contribution in [2.75, 3.05) is 6.61 Å². The zero-order chi connectivity index (χ0) is 14.7. The van der Waals surface area contributed by atoms with Crippen molar-refractivity contribution in [1.29, 1.82) is 0 Å². The fraction of sp³-hybridized carbons (Fsp3) is 0.0833. The molecule has 8 heteroatoms. The highest BCUT2D eigenvalue weighted by Crippen LogP contribution is 2.28. The molecule has 1 aromatic carbocycles. The lowest BCUT2D eigenvalue weighted by atomic mass is 10.3. The Kier molecular flexibility index (Phi) is 4.31. The number of ether oxygens (including phenoxy) is 1. The Hall–Kier alpha value is -1.99. The molecule has 0 aliphatic rings. The topological polar surface area (TPSA) is 69.4 Å². The van der Waals surface area contributed by atoms with Crippen LogP contribution in [-0.2, 0) is 0 Å². The number of Topliss-reactive ketones (excluding diaryl/α,β-unsaturated/α-hetero) is 1. The second-order valence-corrected chi connectivity index (χ2v) is 5.40. The SMILES string of the molecule is O=C(COc1ccc(F)cc1[N+](=O)[O-])c1ccc(Cl)s1. The molecule has 0 unspecified atom stereocenters. The van der Waals surface area contributed by atoms with Crippen molar-refractivity contribution in [2.24, 2.45) is 0 Å². The summed E-state index contributed by atoms with van der Waals surface area (Å²) in [7, 11) is 0. The lowest BCUT2D eigenvalue weighted by Gasteiger charge is -2.05. The first-order valence-electron chi connectivity index (χ1n) is 5.32. The lowest BCUT2D eigenvalue weighted by molar-refractivity contribution is -0.386. The molecular formula is C12H7ClFNO4S. The molecular weight excluding hydrogens is 309 g/mol. The second-order valence-electron chi connectivity index (χ2n) is 3.68. The van der Waals surface area contributed by atoms with Gasteiger partial charge in [-0.3, -0.25) is 14.9 Å². The summed E-state index contributed by atoms with van der Waals surface area (Å²) in [5, 5.41) is 10.8. The van der Waals surface area contributed by atoms with Crippen LogP contribution in [0.15, 0.2) is 30.3 Å². The number of benzene rings is 1. The molecule has 0 radical (unpaired) electrons. The minimum Gasteiger partial charge on any atom is -0.478 e. The predicted octanol–water partition coefficient (Wildman–Crippen LogP) is 3.71. The standard InChI is InChI=1S/C12H7ClFNO4S/c13-12-4-3-11(20-12)9(16)6-19-10-2-1-7(14)5-8(10)15(17)18/h1-5H,6H2. The van der Waals surface area contributed by atoms with E-state index in [4.69, 9.17) is 16.3 Å². The lowest BCUT2D eigenvalue weighted by Crippen LogP contribution is -2.11. The first-order chi connectivity index (χ1) is 9.47. The fourth-order valence-corrected chi connectivity index (χ4v) is 2.40. The van der Waals surface area contributed by atoms with E-state index in [2.05, 4.69) is 0 Å². The van der Waals surface area contributed by atoms with E-state index >= 15 is 0 Å². The summed E-state index contributed by atoms with van der Waals surface area (Å²) in [6.07, 6.45) is 0. The van der Waals surface area contributed by atoms with Gasteiger partial charge in [0.15, 0.2) is 12.4 Å². The third-order valence-corrected chi connectivity index (χ3v) is 3.60. The van der Waals surface area contributed by atoms with Gasteiger partial charge >= 0.3 is 5.69 Å². The molecule has 0 spiro atoms. The van der Waals surface area contributed by atoms with Crippen LogP contribution in [0, 0.1) is 15.9 Å². The van der Waals surface area contributed by atoms with Crippen LogP contribution in [0.1, 0.15) is 9.67 Å². The zero-order valence-corrected chi connectivity index (χ0v) is 11.4. The number of nitrogens with zero attached hydrogens (tertiary/aromatic N) is 1. The normalized spacial score (nSPS) is 10.3. The third-order valence-electron chi connectivity index (χ3n) is 2.32. The Balaban J connectivity index is 2.11. The highest BCUT2D eigenvalue weighted by Gasteiger charge is 2.18. The fourth-order valence-electron chi connectivity index (χ4n) is 1.43. The molecule has 2 aromatic rings. The smallest absolute Gasteiger partial charge is 0.313 e. The summed E-state index contributed by atoms with van der Waals surface area (Å²) >= 11 is 6.79. The molecule has 104 valence electrons. The van der Waals surface area contributed by atoms with Crippen molar-refractivity contribution in [3.63, 3.8) is 0 Å². The summed E-state index contributed by atoms with van der Waals surface area (Å²) in [6, 6.07) is 5.98.